The van der Waals surface area contributed by atoms with Crippen molar-refractivity contribution in [2.45, 2.75) is 25.9 Å². The van der Waals surface area contributed by atoms with Gasteiger partial charge < -0.3 is 9.84 Å². The number of benzene rings is 1. The molecule has 0 fully saturated rings. The van der Waals surface area contributed by atoms with Gasteiger partial charge in [0.15, 0.2) is 0 Å². The highest BCUT2D eigenvalue weighted by molar-refractivity contribution is 9.10. The van der Waals surface area contributed by atoms with Crippen LogP contribution in [0, 0.1) is 11.7 Å². The normalized spacial score (nSPS) is 15.0. The van der Waals surface area contributed by atoms with Crippen LogP contribution in [0.25, 0.3) is 0 Å². The largest absolute Gasteiger partial charge is 0.387 e. The van der Waals surface area contributed by atoms with Gasteiger partial charge >= 0.3 is 0 Å². The Bertz CT molecular complexity index is 382. The van der Waals surface area contributed by atoms with Crippen LogP contribution in [0.2, 0.25) is 0 Å². The van der Waals surface area contributed by atoms with Crippen LogP contribution in [0.15, 0.2) is 22.7 Å². The highest BCUT2D eigenvalue weighted by atomic mass is 79.9. The molecule has 1 atom stereocenters. The molecule has 1 rings (SSSR count). The third-order valence-electron chi connectivity index (χ3n) is 2.96. The molecule has 0 heterocycles. The zero-order valence-electron chi connectivity index (χ0n) is 10.3. The van der Waals surface area contributed by atoms with Crippen LogP contribution in [-0.4, -0.2) is 24.4 Å². The zero-order valence-corrected chi connectivity index (χ0v) is 11.9. The first kappa shape index (κ1) is 14.6. The van der Waals surface area contributed by atoms with Crippen molar-refractivity contribution in [3.63, 3.8) is 0 Å². The number of hydrogen-bond acceptors (Lipinski definition) is 2. The summed E-state index contributed by atoms with van der Waals surface area (Å²) in [6.45, 7) is 4.15. The lowest BCUT2D eigenvalue weighted by Crippen LogP contribution is -2.42. The average molecular weight is 305 g/mol. The molecule has 0 amide bonds. The minimum Gasteiger partial charge on any atom is -0.387 e. The Labute approximate surface area is 110 Å². The summed E-state index contributed by atoms with van der Waals surface area (Å²) in [6, 6.07) is 4.77. The predicted molar refractivity (Wildman–Crippen MR) is 69.5 cm³/mol. The van der Waals surface area contributed by atoms with Crippen molar-refractivity contribution in [2.24, 2.45) is 5.92 Å². The van der Waals surface area contributed by atoms with Gasteiger partial charge in [-0.2, -0.15) is 0 Å². The fourth-order valence-electron chi connectivity index (χ4n) is 1.67. The lowest BCUT2D eigenvalue weighted by molar-refractivity contribution is -0.0637. The molecule has 4 heteroatoms. The molecule has 0 aliphatic heterocycles. The van der Waals surface area contributed by atoms with E-state index >= 15 is 0 Å². The van der Waals surface area contributed by atoms with E-state index in [0.717, 1.165) is 5.56 Å². The van der Waals surface area contributed by atoms with Gasteiger partial charge in [-0.05, 0) is 39.5 Å². The number of halogens is 2. The smallest absolute Gasteiger partial charge is 0.137 e. The molecule has 2 nitrogen and oxygen atoms in total. The third kappa shape index (κ3) is 3.76. The standard InChI is InChI=1S/C13H18BrFO2/c1-9(2)13(16,8-17-3)7-10-4-5-12(15)11(14)6-10/h4-6,9,16H,7-8H2,1-3H3. The second-order valence-electron chi connectivity index (χ2n) is 4.62. The number of methoxy groups -OCH3 is 1. The summed E-state index contributed by atoms with van der Waals surface area (Å²) < 4.78 is 18.6. The van der Waals surface area contributed by atoms with Crippen molar-refractivity contribution >= 4 is 15.9 Å². The number of ether oxygens (including phenoxy) is 1. The van der Waals surface area contributed by atoms with Gasteiger partial charge in [0.1, 0.15) is 5.82 Å². The average Bonchev–Trinajstić information content (AvgIpc) is 2.23. The first-order valence-corrected chi connectivity index (χ1v) is 6.33. The zero-order chi connectivity index (χ0) is 13.1. The molecule has 0 spiro atoms. The molecule has 1 N–H and O–H groups in total. The van der Waals surface area contributed by atoms with Gasteiger partial charge in [-0.3, -0.25) is 0 Å². The Balaban J connectivity index is 2.90. The topological polar surface area (TPSA) is 29.5 Å². The number of hydrogen-bond donors (Lipinski definition) is 1. The van der Waals surface area contributed by atoms with E-state index in [4.69, 9.17) is 4.74 Å². The predicted octanol–water partition coefficient (Wildman–Crippen LogP) is 3.16. The molecule has 0 aromatic heterocycles. The lowest BCUT2D eigenvalue weighted by Gasteiger charge is -2.31. The Morgan fingerprint density at radius 3 is 2.59 bits per heavy atom. The number of aliphatic hydroxyl groups is 1. The van der Waals surface area contributed by atoms with Gasteiger partial charge in [-0.1, -0.05) is 19.9 Å². The molecule has 0 bridgehead atoms. The summed E-state index contributed by atoms with van der Waals surface area (Å²) in [5.74, 6) is -0.236. The van der Waals surface area contributed by atoms with Gasteiger partial charge in [-0.15, -0.1) is 0 Å². The van der Waals surface area contributed by atoms with Crippen LogP contribution in [-0.2, 0) is 11.2 Å². The van der Waals surface area contributed by atoms with E-state index in [1.807, 2.05) is 13.8 Å². The van der Waals surface area contributed by atoms with Crippen LogP contribution in [0.5, 0.6) is 0 Å². The molecule has 0 saturated carbocycles. The Morgan fingerprint density at radius 1 is 1.47 bits per heavy atom. The molecular formula is C13H18BrFO2. The monoisotopic (exact) mass is 304 g/mol. The molecule has 1 aromatic carbocycles. The summed E-state index contributed by atoms with van der Waals surface area (Å²) in [5.41, 5.74) is -0.0435. The summed E-state index contributed by atoms with van der Waals surface area (Å²) >= 11 is 3.14. The maximum absolute atomic E-state index is 13.1. The van der Waals surface area contributed by atoms with Gasteiger partial charge in [0, 0.05) is 13.5 Å². The van der Waals surface area contributed by atoms with Crippen molar-refractivity contribution in [1.82, 2.24) is 0 Å². The molecule has 0 aliphatic carbocycles. The summed E-state index contributed by atoms with van der Waals surface area (Å²) in [7, 11) is 1.56. The van der Waals surface area contributed by atoms with Crippen molar-refractivity contribution < 1.29 is 14.2 Å². The molecule has 1 aromatic rings. The second-order valence-corrected chi connectivity index (χ2v) is 5.47. The van der Waals surface area contributed by atoms with Crippen molar-refractivity contribution in [3.8, 4) is 0 Å². The van der Waals surface area contributed by atoms with Gasteiger partial charge in [-0.25, -0.2) is 4.39 Å². The van der Waals surface area contributed by atoms with E-state index in [-0.39, 0.29) is 18.3 Å². The number of rotatable bonds is 5. The first-order chi connectivity index (χ1) is 7.89. The molecule has 0 saturated heterocycles. The van der Waals surface area contributed by atoms with Crippen molar-refractivity contribution in [2.75, 3.05) is 13.7 Å². The first-order valence-electron chi connectivity index (χ1n) is 5.54. The van der Waals surface area contributed by atoms with E-state index in [1.54, 1.807) is 19.2 Å². The molecule has 96 valence electrons. The van der Waals surface area contributed by atoms with E-state index in [2.05, 4.69) is 15.9 Å². The minimum atomic E-state index is -0.925. The van der Waals surface area contributed by atoms with Gasteiger partial charge in [0.25, 0.3) is 0 Å². The lowest BCUT2D eigenvalue weighted by atomic mass is 9.85. The molecule has 1 unspecified atom stereocenters. The maximum atomic E-state index is 13.1. The van der Waals surface area contributed by atoms with Crippen LogP contribution in [0.4, 0.5) is 4.39 Å². The third-order valence-corrected chi connectivity index (χ3v) is 3.57. The van der Waals surface area contributed by atoms with Crippen LogP contribution in [0.3, 0.4) is 0 Å². The Kier molecular flexibility index (Phi) is 5.10. The fraction of sp³-hybridized carbons (Fsp3) is 0.538. The highest BCUT2D eigenvalue weighted by Gasteiger charge is 2.31. The SMILES string of the molecule is COCC(O)(Cc1ccc(F)c(Br)c1)C(C)C. The summed E-state index contributed by atoms with van der Waals surface area (Å²) in [5, 5.41) is 10.5. The summed E-state index contributed by atoms with van der Waals surface area (Å²) in [6.07, 6.45) is 0.442. The van der Waals surface area contributed by atoms with E-state index < -0.39 is 5.60 Å². The van der Waals surface area contributed by atoms with Crippen LogP contribution < -0.4 is 0 Å². The Hall–Kier alpha value is -0.450. The fourth-order valence-corrected chi connectivity index (χ4v) is 2.10. The minimum absolute atomic E-state index is 0.0614. The molecule has 17 heavy (non-hydrogen) atoms. The van der Waals surface area contributed by atoms with Gasteiger partial charge in [0.05, 0.1) is 16.7 Å². The second kappa shape index (κ2) is 5.94. The van der Waals surface area contributed by atoms with Gasteiger partial charge in [0.2, 0.25) is 0 Å². The maximum Gasteiger partial charge on any atom is 0.137 e. The van der Waals surface area contributed by atoms with E-state index in [9.17, 15) is 9.50 Å². The Morgan fingerprint density at radius 2 is 2.12 bits per heavy atom. The molecule has 0 aliphatic rings. The van der Waals surface area contributed by atoms with E-state index in [1.165, 1.54) is 6.07 Å². The highest BCUT2D eigenvalue weighted by Crippen LogP contribution is 2.25. The molecule has 0 radical (unpaired) electrons. The van der Waals surface area contributed by atoms with Crippen LogP contribution in [0.1, 0.15) is 19.4 Å². The summed E-state index contributed by atoms with van der Waals surface area (Å²) in [4.78, 5) is 0. The van der Waals surface area contributed by atoms with E-state index in [0.29, 0.717) is 10.9 Å². The van der Waals surface area contributed by atoms with Crippen molar-refractivity contribution in [1.29, 1.82) is 0 Å². The van der Waals surface area contributed by atoms with Crippen molar-refractivity contribution in [3.05, 3.63) is 34.1 Å². The quantitative estimate of drug-likeness (QED) is 0.905. The molecular weight excluding hydrogens is 287 g/mol. The van der Waals surface area contributed by atoms with Crippen LogP contribution >= 0.6 is 15.9 Å².